The Morgan fingerprint density at radius 3 is 2.86 bits per heavy atom. The molecule has 108 valence electrons. The molecule has 0 atom stereocenters. The van der Waals surface area contributed by atoms with Crippen molar-refractivity contribution < 1.29 is 9.26 Å². The van der Waals surface area contributed by atoms with Crippen LogP contribution in [0.4, 0.5) is 0 Å². The van der Waals surface area contributed by atoms with Crippen molar-refractivity contribution in [1.29, 1.82) is 0 Å². The molecule has 0 radical (unpaired) electrons. The van der Waals surface area contributed by atoms with Crippen LogP contribution >= 0.6 is 0 Å². The first kappa shape index (κ1) is 13.4. The summed E-state index contributed by atoms with van der Waals surface area (Å²) < 4.78 is 10.9. The van der Waals surface area contributed by atoms with Gasteiger partial charge in [-0.05, 0) is 31.5 Å². The highest BCUT2D eigenvalue weighted by atomic mass is 16.5. The number of nitrogens with zero attached hydrogens (tertiary/aromatic N) is 2. The fourth-order valence-electron chi connectivity index (χ4n) is 2.28. The Bertz CT molecular complexity index is 789. The Labute approximate surface area is 121 Å². The lowest BCUT2D eigenvalue weighted by molar-refractivity contribution is 0.248. The molecule has 2 heterocycles. The van der Waals surface area contributed by atoms with Crippen molar-refractivity contribution in [3.05, 3.63) is 51.9 Å². The van der Waals surface area contributed by atoms with Crippen LogP contribution in [0.3, 0.4) is 0 Å². The molecule has 0 bridgehead atoms. The van der Waals surface area contributed by atoms with Gasteiger partial charge in [-0.2, -0.15) is 4.91 Å². The summed E-state index contributed by atoms with van der Waals surface area (Å²) in [6.45, 7) is 4.31. The van der Waals surface area contributed by atoms with Crippen LogP contribution in [-0.4, -0.2) is 10.1 Å². The van der Waals surface area contributed by atoms with E-state index in [2.05, 4.69) is 15.3 Å². The number of rotatable bonds is 5. The van der Waals surface area contributed by atoms with Crippen molar-refractivity contribution >= 4 is 10.9 Å². The van der Waals surface area contributed by atoms with Crippen LogP contribution in [0.1, 0.15) is 22.7 Å². The molecule has 2 aromatic heterocycles. The van der Waals surface area contributed by atoms with Crippen molar-refractivity contribution in [1.82, 2.24) is 10.1 Å². The van der Waals surface area contributed by atoms with Gasteiger partial charge in [-0.25, -0.2) is 0 Å². The zero-order valence-corrected chi connectivity index (χ0v) is 11.8. The first-order chi connectivity index (χ1) is 10.2. The number of hydrogen-bond donors (Lipinski definition) is 1. The van der Waals surface area contributed by atoms with Crippen LogP contribution in [0.15, 0.2) is 34.0 Å². The molecule has 3 rings (SSSR count). The molecule has 0 aliphatic rings. The standard InChI is InChI=1S/C15H15N3O3/c1-9-3-11-5-12(7-16-19)17-14(11)6-15(9)20-8-13-4-10(2)18-21-13/h3-6,17H,7-8H2,1-2H3. The normalized spacial score (nSPS) is 11.0. The van der Waals surface area contributed by atoms with E-state index in [0.29, 0.717) is 12.4 Å². The minimum Gasteiger partial charge on any atom is -0.485 e. The zero-order chi connectivity index (χ0) is 14.8. The van der Waals surface area contributed by atoms with Crippen molar-refractivity contribution in [3.63, 3.8) is 0 Å². The van der Waals surface area contributed by atoms with Gasteiger partial charge in [-0.1, -0.05) is 10.3 Å². The lowest BCUT2D eigenvalue weighted by Crippen LogP contribution is -1.95. The van der Waals surface area contributed by atoms with Gasteiger partial charge in [0.2, 0.25) is 0 Å². The summed E-state index contributed by atoms with van der Waals surface area (Å²) in [6, 6.07) is 7.70. The van der Waals surface area contributed by atoms with E-state index in [-0.39, 0.29) is 6.54 Å². The molecular weight excluding hydrogens is 270 g/mol. The van der Waals surface area contributed by atoms with E-state index in [4.69, 9.17) is 9.26 Å². The summed E-state index contributed by atoms with van der Waals surface area (Å²) >= 11 is 0. The zero-order valence-electron chi connectivity index (χ0n) is 11.8. The molecule has 0 aliphatic heterocycles. The van der Waals surface area contributed by atoms with Crippen LogP contribution < -0.4 is 4.74 Å². The van der Waals surface area contributed by atoms with Crippen LogP contribution in [0, 0.1) is 18.8 Å². The number of aromatic amines is 1. The number of nitrogens with one attached hydrogen (secondary N) is 1. The lowest BCUT2D eigenvalue weighted by atomic mass is 10.1. The summed E-state index contributed by atoms with van der Waals surface area (Å²) in [5.41, 5.74) is 3.56. The molecule has 0 amide bonds. The van der Waals surface area contributed by atoms with Crippen LogP contribution in [0.5, 0.6) is 5.75 Å². The number of aryl methyl sites for hydroxylation is 2. The first-order valence-electron chi connectivity index (χ1n) is 6.62. The summed E-state index contributed by atoms with van der Waals surface area (Å²) in [6.07, 6.45) is 0. The number of nitroso groups, excluding NO2 is 1. The molecule has 6 nitrogen and oxygen atoms in total. The Hall–Kier alpha value is -2.63. The van der Waals surface area contributed by atoms with Crippen molar-refractivity contribution in [2.75, 3.05) is 0 Å². The second kappa shape index (κ2) is 5.40. The second-order valence-corrected chi connectivity index (χ2v) is 5.01. The Kier molecular flexibility index (Phi) is 3.43. The SMILES string of the molecule is Cc1cc(COc2cc3[nH]c(CN=O)cc3cc2C)on1. The predicted molar refractivity (Wildman–Crippen MR) is 78.1 cm³/mol. The van der Waals surface area contributed by atoms with E-state index in [1.54, 1.807) is 0 Å². The molecule has 1 aromatic carbocycles. The summed E-state index contributed by atoms with van der Waals surface area (Å²) in [5, 5.41) is 7.75. The lowest BCUT2D eigenvalue weighted by Gasteiger charge is -2.07. The van der Waals surface area contributed by atoms with E-state index in [1.807, 2.05) is 38.1 Å². The second-order valence-electron chi connectivity index (χ2n) is 5.01. The van der Waals surface area contributed by atoms with E-state index >= 15 is 0 Å². The topological polar surface area (TPSA) is 80.5 Å². The van der Waals surface area contributed by atoms with Gasteiger partial charge in [-0.3, -0.25) is 0 Å². The molecule has 0 unspecified atom stereocenters. The molecule has 0 saturated heterocycles. The minimum atomic E-state index is 0.140. The van der Waals surface area contributed by atoms with Gasteiger partial charge in [0.05, 0.1) is 5.69 Å². The summed E-state index contributed by atoms with van der Waals surface area (Å²) in [7, 11) is 0. The van der Waals surface area contributed by atoms with Crippen LogP contribution in [0.25, 0.3) is 10.9 Å². The van der Waals surface area contributed by atoms with Gasteiger partial charge in [-0.15, -0.1) is 0 Å². The molecule has 1 N–H and O–H groups in total. The van der Waals surface area contributed by atoms with Gasteiger partial charge in [0.25, 0.3) is 0 Å². The maximum Gasteiger partial charge on any atom is 0.174 e. The molecular formula is C15H15N3O3. The molecule has 0 spiro atoms. The fraction of sp³-hybridized carbons (Fsp3) is 0.267. The predicted octanol–water partition coefficient (Wildman–Crippen LogP) is 3.62. The Morgan fingerprint density at radius 1 is 1.29 bits per heavy atom. The maximum atomic E-state index is 10.3. The average molecular weight is 285 g/mol. The summed E-state index contributed by atoms with van der Waals surface area (Å²) in [4.78, 5) is 13.5. The monoisotopic (exact) mass is 285 g/mol. The van der Waals surface area contributed by atoms with E-state index < -0.39 is 0 Å². The molecule has 0 fully saturated rings. The molecule has 3 aromatic rings. The van der Waals surface area contributed by atoms with E-state index in [9.17, 15) is 4.91 Å². The first-order valence-corrected chi connectivity index (χ1v) is 6.62. The van der Waals surface area contributed by atoms with Gasteiger partial charge in [0.1, 0.15) is 18.9 Å². The van der Waals surface area contributed by atoms with E-state index in [0.717, 1.165) is 33.6 Å². The number of H-pyrrole nitrogens is 1. The molecule has 21 heavy (non-hydrogen) atoms. The minimum absolute atomic E-state index is 0.140. The van der Waals surface area contributed by atoms with Crippen LogP contribution in [-0.2, 0) is 13.2 Å². The number of benzene rings is 1. The fourth-order valence-corrected chi connectivity index (χ4v) is 2.28. The van der Waals surface area contributed by atoms with Gasteiger partial charge >= 0.3 is 0 Å². The summed E-state index contributed by atoms with van der Waals surface area (Å²) in [5.74, 6) is 1.45. The quantitative estimate of drug-likeness (QED) is 0.726. The van der Waals surface area contributed by atoms with Crippen LogP contribution in [0.2, 0.25) is 0 Å². The van der Waals surface area contributed by atoms with E-state index in [1.165, 1.54) is 0 Å². The number of aromatic nitrogens is 2. The van der Waals surface area contributed by atoms with Crippen molar-refractivity contribution in [2.45, 2.75) is 27.0 Å². The molecule has 0 aliphatic carbocycles. The van der Waals surface area contributed by atoms with Gasteiger partial charge < -0.3 is 14.2 Å². The highest BCUT2D eigenvalue weighted by Gasteiger charge is 2.08. The van der Waals surface area contributed by atoms with Crippen molar-refractivity contribution in [2.24, 2.45) is 5.18 Å². The molecule has 0 saturated carbocycles. The van der Waals surface area contributed by atoms with Gasteiger partial charge in [0, 0.05) is 28.7 Å². The third kappa shape index (κ3) is 2.79. The van der Waals surface area contributed by atoms with Gasteiger partial charge in [0.15, 0.2) is 5.76 Å². The third-order valence-electron chi connectivity index (χ3n) is 3.25. The third-order valence-corrected chi connectivity index (χ3v) is 3.25. The highest BCUT2D eigenvalue weighted by Crippen LogP contribution is 2.27. The Morgan fingerprint density at radius 2 is 2.14 bits per heavy atom. The number of ether oxygens (including phenoxy) is 1. The highest BCUT2D eigenvalue weighted by molar-refractivity contribution is 5.83. The van der Waals surface area contributed by atoms with Crippen molar-refractivity contribution in [3.8, 4) is 5.75 Å². The Balaban J connectivity index is 1.84. The largest absolute Gasteiger partial charge is 0.485 e. The number of hydrogen-bond acceptors (Lipinski definition) is 5. The smallest absolute Gasteiger partial charge is 0.174 e. The number of fused-ring (bicyclic) bond motifs is 1. The maximum absolute atomic E-state index is 10.3. The molecule has 6 heteroatoms. The average Bonchev–Trinajstić information content (AvgIpc) is 3.02.